The fourth-order valence-electron chi connectivity index (χ4n) is 3.63. The van der Waals surface area contributed by atoms with E-state index in [1.54, 1.807) is 23.7 Å². The standard InChI is InChI=1S/C20H22N4O3S.Li/c25-14(11-22-7-5-15-2-1-9-28-15)12-24-19(20(26)27)17-4-3-13-10-21-8-6-16(13)18(17)23-24;/h1-2,6,8-10,14,22,25H,3-5,7,11-12H2,(H,26,27);/q;+1/p-1. The van der Waals surface area contributed by atoms with Crippen molar-refractivity contribution in [3.05, 3.63) is 57.7 Å². The van der Waals surface area contributed by atoms with Crippen LogP contribution in [0.2, 0.25) is 0 Å². The second-order valence-electron chi connectivity index (χ2n) is 6.87. The van der Waals surface area contributed by atoms with Crippen molar-refractivity contribution < 1.29 is 33.9 Å². The molecule has 1 aliphatic carbocycles. The van der Waals surface area contributed by atoms with E-state index in [1.807, 2.05) is 17.5 Å². The summed E-state index contributed by atoms with van der Waals surface area (Å²) >= 11 is 1.71. The molecule has 1 aliphatic rings. The number of aliphatic hydroxyl groups is 1. The van der Waals surface area contributed by atoms with Gasteiger partial charge in [-0.3, -0.25) is 9.67 Å². The van der Waals surface area contributed by atoms with Crippen molar-refractivity contribution in [1.29, 1.82) is 0 Å². The first-order valence-corrected chi connectivity index (χ1v) is 10.2. The number of carboxylic acid groups (broad SMARTS) is 1. The third-order valence-corrected chi connectivity index (χ3v) is 5.88. The number of carboxylic acids is 1. The maximum Gasteiger partial charge on any atom is 1.00 e. The molecule has 0 saturated carbocycles. The summed E-state index contributed by atoms with van der Waals surface area (Å²) in [5.41, 5.74) is 3.36. The van der Waals surface area contributed by atoms with Crippen molar-refractivity contribution in [3.63, 3.8) is 0 Å². The average Bonchev–Trinajstić information content (AvgIpc) is 3.32. The van der Waals surface area contributed by atoms with Crippen LogP contribution in [-0.4, -0.2) is 45.0 Å². The molecule has 1 unspecified atom stereocenters. The minimum Gasteiger partial charge on any atom is -0.543 e. The van der Waals surface area contributed by atoms with Crippen molar-refractivity contribution in [2.24, 2.45) is 0 Å². The van der Waals surface area contributed by atoms with Gasteiger partial charge in [0.15, 0.2) is 0 Å². The van der Waals surface area contributed by atoms with Crippen molar-refractivity contribution in [2.75, 3.05) is 13.1 Å². The van der Waals surface area contributed by atoms with Crippen LogP contribution in [-0.2, 0) is 25.8 Å². The van der Waals surface area contributed by atoms with E-state index in [0.29, 0.717) is 24.2 Å². The molecule has 0 aromatic carbocycles. The molecule has 0 radical (unpaired) electrons. The number of aliphatic hydroxyl groups excluding tert-OH is 1. The van der Waals surface area contributed by atoms with Crippen LogP contribution in [0.3, 0.4) is 0 Å². The molecule has 2 N–H and O–H groups in total. The quantitative estimate of drug-likeness (QED) is 0.322. The van der Waals surface area contributed by atoms with E-state index in [0.717, 1.165) is 30.5 Å². The van der Waals surface area contributed by atoms with Crippen LogP contribution in [0.15, 0.2) is 36.0 Å². The maximum absolute atomic E-state index is 11.8. The third-order valence-electron chi connectivity index (χ3n) is 4.94. The Morgan fingerprint density at radius 1 is 1.38 bits per heavy atom. The first-order chi connectivity index (χ1) is 13.6. The molecule has 0 amide bonds. The van der Waals surface area contributed by atoms with Gasteiger partial charge in [-0.2, -0.15) is 5.10 Å². The zero-order valence-corrected chi connectivity index (χ0v) is 17.1. The zero-order chi connectivity index (χ0) is 19.5. The number of aromatic nitrogens is 3. The van der Waals surface area contributed by atoms with Gasteiger partial charge in [0.1, 0.15) is 0 Å². The van der Waals surface area contributed by atoms with Gasteiger partial charge >= 0.3 is 18.9 Å². The Morgan fingerprint density at radius 2 is 2.24 bits per heavy atom. The second-order valence-corrected chi connectivity index (χ2v) is 7.90. The number of pyridine rings is 1. The fourth-order valence-corrected chi connectivity index (χ4v) is 4.34. The zero-order valence-electron chi connectivity index (χ0n) is 16.3. The van der Waals surface area contributed by atoms with Gasteiger partial charge in [-0.25, -0.2) is 0 Å². The molecule has 0 spiro atoms. The normalized spacial score (nSPS) is 13.3. The Labute approximate surface area is 185 Å². The summed E-state index contributed by atoms with van der Waals surface area (Å²) in [4.78, 5) is 17.2. The molecule has 3 aromatic rings. The minimum absolute atomic E-state index is 0. The SMILES string of the molecule is O=C([O-])c1c2c(nn1CC(O)CNCCc1cccs1)-c1ccncc1CC2.[Li+]. The number of carbonyl (C=O) groups excluding carboxylic acids is 1. The van der Waals surface area contributed by atoms with Gasteiger partial charge in [-0.1, -0.05) is 6.07 Å². The number of hydrogen-bond donors (Lipinski definition) is 2. The summed E-state index contributed by atoms with van der Waals surface area (Å²) < 4.78 is 1.38. The van der Waals surface area contributed by atoms with Crippen LogP contribution in [0, 0.1) is 0 Å². The van der Waals surface area contributed by atoms with Crippen molar-refractivity contribution in [1.82, 2.24) is 20.1 Å². The summed E-state index contributed by atoms with van der Waals surface area (Å²) in [6.45, 7) is 1.21. The Kier molecular flexibility index (Phi) is 7.27. The molecule has 0 saturated heterocycles. The molecular formula is C20H21LiN4O3S. The number of nitrogens with one attached hydrogen (secondary N) is 1. The van der Waals surface area contributed by atoms with Crippen LogP contribution in [0.1, 0.15) is 26.5 Å². The monoisotopic (exact) mass is 404 g/mol. The van der Waals surface area contributed by atoms with E-state index >= 15 is 0 Å². The number of fused-ring (bicyclic) bond motifs is 3. The van der Waals surface area contributed by atoms with E-state index in [2.05, 4.69) is 21.5 Å². The van der Waals surface area contributed by atoms with Crippen LogP contribution in [0.4, 0.5) is 0 Å². The van der Waals surface area contributed by atoms with Crippen molar-refractivity contribution in [3.8, 4) is 11.3 Å². The molecule has 4 rings (SSSR count). The van der Waals surface area contributed by atoms with Gasteiger partial charge in [0.25, 0.3) is 0 Å². The first kappa shape index (κ1) is 21.7. The molecule has 9 heteroatoms. The molecule has 0 aliphatic heterocycles. The number of aromatic carboxylic acids is 1. The molecule has 3 heterocycles. The van der Waals surface area contributed by atoms with Crippen LogP contribution in [0.25, 0.3) is 11.3 Å². The number of hydrogen-bond acceptors (Lipinski definition) is 7. The third kappa shape index (κ3) is 4.80. The molecule has 146 valence electrons. The topological polar surface area (TPSA) is 103 Å². The Hall–Kier alpha value is -1.95. The predicted molar refractivity (Wildman–Crippen MR) is 104 cm³/mol. The second kappa shape index (κ2) is 9.70. The van der Waals surface area contributed by atoms with Gasteiger partial charge in [0.05, 0.1) is 30.0 Å². The van der Waals surface area contributed by atoms with E-state index < -0.39 is 12.1 Å². The van der Waals surface area contributed by atoms with Gasteiger partial charge < -0.3 is 20.3 Å². The minimum atomic E-state index is -1.26. The van der Waals surface area contributed by atoms with E-state index in [1.165, 1.54) is 9.56 Å². The fraction of sp³-hybridized carbons (Fsp3) is 0.350. The maximum atomic E-state index is 11.8. The largest absolute Gasteiger partial charge is 1.00 e. The molecule has 7 nitrogen and oxygen atoms in total. The molecule has 0 fully saturated rings. The molecule has 3 aromatic heterocycles. The number of carbonyl (C=O) groups is 1. The number of aryl methyl sites for hydroxylation is 1. The van der Waals surface area contributed by atoms with Crippen molar-refractivity contribution in [2.45, 2.75) is 31.9 Å². The van der Waals surface area contributed by atoms with Gasteiger partial charge in [0, 0.05) is 41.5 Å². The number of rotatable bonds is 8. The van der Waals surface area contributed by atoms with Crippen LogP contribution < -0.4 is 29.3 Å². The number of thiophene rings is 1. The van der Waals surface area contributed by atoms with Crippen LogP contribution in [0.5, 0.6) is 0 Å². The Bertz CT molecular complexity index is 974. The molecule has 1 atom stereocenters. The molecular weight excluding hydrogens is 383 g/mol. The van der Waals surface area contributed by atoms with E-state index in [-0.39, 0.29) is 31.1 Å². The predicted octanol–water partition coefficient (Wildman–Crippen LogP) is -2.33. The smallest absolute Gasteiger partial charge is 0.543 e. The average molecular weight is 404 g/mol. The van der Waals surface area contributed by atoms with Gasteiger partial charge in [-0.15, -0.1) is 11.3 Å². The summed E-state index contributed by atoms with van der Waals surface area (Å²) in [6, 6.07) is 5.95. The molecule has 0 bridgehead atoms. The summed E-state index contributed by atoms with van der Waals surface area (Å²) in [7, 11) is 0. The van der Waals surface area contributed by atoms with E-state index in [4.69, 9.17) is 0 Å². The molecule has 29 heavy (non-hydrogen) atoms. The summed E-state index contributed by atoms with van der Waals surface area (Å²) in [6.07, 6.45) is 4.91. The summed E-state index contributed by atoms with van der Waals surface area (Å²) in [5.74, 6) is -1.26. The number of nitrogens with zero attached hydrogens (tertiary/aromatic N) is 3. The first-order valence-electron chi connectivity index (χ1n) is 9.29. The van der Waals surface area contributed by atoms with Gasteiger partial charge in [-0.05, 0) is 42.3 Å². The Morgan fingerprint density at radius 3 is 3.00 bits per heavy atom. The Balaban J connectivity index is 0.00000240. The van der Waals surface area contributed by atoms with E-state index in [9.17, 15) is 15.0 Å². The van der Waals surface area contributed by atoms with Gasteiger partial charge in [0.2, 0.25) is 0 Å². The summed E-state index contributed by atoms with van der Waals surface area (Å²) in [5, 5.41) is 31.9. The van der Waals surface area contributed by atoms with Crippen molar-refractivity contribution >= 4 is 17.3 Å². The van der Waals surface area contributed by atoms with Crippen LogP contribution >= 0.6 is 11.3 Å².